The topological polar surface area (TPSA) is 58.6 Å². The highest BCUT2D eigenvalue weighted by Crippen LogP contribution is 2.16. The van der Waals surface area contributed by atoms with E-state index in [9.17, 15) is 14.0 Å². The van der Waals surface area contributed by atoms with E-state index in [0.717, 1.165) is 5.56 Å². The van der Waals surface area contributed by atoms with Gasteiger partial charge in [0.25, 0.3) is 5.91 Å². The standard InChI is InChI=1S/C20H23FN2O3/c1-4-23(15(3)24)13-16-7-5-9-18(11-16)22-20(25)14(2)26-19-10-6-8-17(21)12-19/h5-12,14H,4,13H2,1-3H3,(H,22,25). The highest BCUT2D eigenvalue weighted by molar-refractivity contribution is 5.94. The number of nitrogens with zero attached hydrogens (tertiary/aromatic N) is 1. The zero-order chi connectivity index (χ0) is 19.1. The molecule has 0 bridgehead atoms. The normalized spacial score (nSPS) is 11.5. The lowest BCUT2D eigenvalue weighted by Gasteiger charge is -2.19. The van der Waals surface area contributed by atoms with Gasteiger partial charge in [-0.2, -0.15) is 0 Å². The minimum Gasteiger partial charge on any atom is -0.481 e. The fraction of sp³-hybridized carbons (Fsp3) is 0.300. The van der Waals surface area contributed by atoms with Crippen LogP contribution in [0.4, 0.5) is 10.1 Å². The van der Waals surface area contributed by atoms with Crippen LogP contribution >= 0.6 is 0 Å². The number of anilines is 1. The molecule has 0 saturated heterocycles. The van der Waals surface area contributed by atoms with Crippen molar-refractivity contribution in [2.45, 2.75) is 33.4 Å². The molecule has 0 aromatic heterocycles. The van der Waals surface area contributed by atoms with Crippen LogP contribution in [0.1, 0.15) is 26.3 Å². The molecule has 0 spiro atoms. The van der Waals surface area contributed by atoms with Crippen LogP contribution in [0.3, 0.4) is 0 Å². The van der Waals surface area contributed by atoms with Gasteiger partial charge in [-0.05, 0) is 43.7 Å². The van der Waals surface area contributed by atoms with Crippen molar-refractivity contribution in [3.63, 3.8) is 0 Å². The van der Waals surface area contributed by atoms with Crippen LogP contribution < -0.4 is 10.1 Å². The number of amides is 2. The second kappa shape index (κ2) is 8.99. The quantitative estimate of drug-likeness (QED) is 0.823. The third-order valence-electron chi connectivity index (χ3n) is 3.87. The lowest BCUT2D eigenvalue weighted by Crippen LogP contribution is -2.30. The number of hydrogen-bond acceptors (Lipinski definition) is 3. The van der Waals surface area contributed by atoms with Crippen molar-refractivity contribution < 1.29 is 18.7 Å². The maximum absolute atomic E-state index is 13.2. The number of carbonyl (C=O) groups excluding carboxylic acids is 2. The lowest BCUT2D eigenvalue weighted by atomic mass is 10.2. The Morgan fingerprint density at radius 2 is 1.92 bits per heavy atom. The molecular weight excluding hydrogens is 335 g/mol. The molecule has 26 heavy (non-hydrogen) atoms. The molecule has 0 heterocycles. The van der Waals surface area contributed by atoms with Gasteiger partial charge in [-0.3, -0.25) is 9.59 Å². The van der Waals surface area contributed by atoms with Gasteiger partial charge in [-0.1, -0.05) is 18.2 Å². The molecule has 0 radical (unpaired) electrons. The van der Waals surface area contributed by atoms with Crippen molar-refractivity contribution in [2.75, 3.05) is 11.9 Å². The van der Waals surface area contributed by atoms with Gasteiger partial charge < -0.3 is 15.0 Å². The van der Waals surface area contributed by atoms with Crippen molar-refractivity contribution in [2.24, 2.45) is 0 Å². The first-order valence-corrected chi connectivity index (χ1v) is 8.46. The second-order valence-corrected chi connectivity index (χ2v) is 5.94. The van der Waals surface area contributed by atoms with Crippen LogP contribution in [0, 0.1) is 5.82 Å². The van der Waals surface area contributed by atoms with Gasteiger partial charge in [0.1, 0.15) is 11.6 Å². The molecule has 2 aromatic rings. The van der Waals surface area contributed by atoms with E-state index in [1.165, 1.54) is 25.1 Å². The van der Waals surface area contributed by atoms with Crippen molar-refractivity contribution in [3.05, 3.63) is 59.9 Å². The number of rotatable bonds is 7. The molecule has 2 rings (SSSR count). The third-order valence-corrected chi connectivity index (χ3v) is 3.87. The highest BCUT2D eigenvalue weighted by Gasteiger charge is 2.15. The molecule has 1 atom stereocenters. The van der Waals surface area contributed by atoms with Gasteiger partial charge in [0.2, 0.25) is 5.91 Å². The van der Waals surface area contributed by atoms with E-state index >= 15 is 0 Å². The van der Waals surface area contributed by atoms with Crippen molar-refractivity contribution in [1.82, 2.24) is 4.90 Å². The van der Waals surface area contributed by atoms with Crippen LogP contribution in [-0.2, 0) is 16.1 Å². The second-order valence-electron chi connectivity index (χ2n) is 5.94. The summed E-state index contributed by atoms with van der Waals surface area (Å²) in [6.07, 6.45) is -0.787. The summed E-state index contributed by atoms with van der Waals surface area (Å²) in [6, 6.07) is 12.9. The molecular formula is C20H23FN2O3. The Morgan fingerprint density at radius 1 is 1.19 bits per heavy atom. The molecule has 1 unspecified atom stereocenters. The van der Waals surface area contributed by atoms with E-state index < -0.39 is 11.9 Å². The van der Waals surface area contributed by atoms with Crippen LogP contribution in [0.2, 0.25) is 0 Å². The summed E-state index contributed by atoms with van der Waals surface area (Å²) in [7, 11) is 0. The number of carbonyl (C=O) groups is 2. The van der Waals surface area contributed by atoms with Gasteiger partial charge in [0, 0.05) is 31.8 Å². The zero-order valence-electron chi connectivity index (χ0n) is 15.2. The van der Waals surface area contributed by atoms with E-state index in [-0.39, 0.29) is 11.8 Å². The summed E-state index contributed by atoms with van der Waals surface area (Å²) in [4.78, 5) is 25.6. The van der Waals surface area contributed by atoms with E-state index in [2.05, 4.69) is 5.32 Å². The summed E-state index contributed by atoms with van der Waals surface area (Å²) in [5.41, 5.74) is 1.53. The number of ether oxygens (including phenoxy) is 1. The van der Waals surface area contributed by atoms with Crippen LogP contribution in [-0.4, -0.2) is 29.4 Å². The van der Waals surface area contributed by atoms with Gasteiger partial charge in [-0.15, -0.1) is 0 Å². The number of halogens is 1. The van der Waals surface area contributed by atoms with E-state index in [1.54, 1.807) is 24.0 Å². The van der Waals surface area contributed by atoms with E-state index in [1.807, 2.05) is 25.1 Å². The Balaban J connectivity index is 2.00. The number of benzene rings is 2. The molecule has 5 nitrogen and oxygen atoms in total. The largest absolute Gasteiger partial charge is 0.481 e. The molecule has 2 amide bonds. The first-order valence-electron chi connectivity index (χ1n) is 8.46. The van der Waals surface area contributed by atoms with E-state index in [4.69, 9.17) is 4.74 Å². The average Bonchev–Trinajstić information content (AvgIpc) is 2.59. The Hall–Kier alpha value is -2.89. The number of hydrogen-bond donors (Lipinski definition) is 1. The minimum absolute atomic E-state index is 0.000876. The number of nitrogens with one attached hydrogen (secondary N) is 1. The highest BCUT2D eigenvalue weighted by atomic mass is 19.1. The van der Waals surface area contributed by atoms with E-state index in [0.29, 0.717) is 24.5 Å². The Bertz CT molecular complexity index is 779. The molecule has 138 valence electrons. The summed E-state index contributed by atoms with van der Waals surface area (Å²) in [6.45, 7) is 6.13. The van der Waals surface area contributed by atoms with Gasteiger partial charge in [0.15, 0.2) is 6.10 Å². The predicted molar refractivity (Wildman–Crippen MR) is 98.3 cm³/mol. The molecule has 0 aliphatic carbocycles. The Kier molecular flexibility index (Phi) is 6.72. The third kappa shape index (κ3) is 5.58. The molecule has 1 N–H and O–H groups in total. The first-order chi connectivity index (χ1) is 12.4. The van der Waals surface area contributed by atoms with Crippen molar-refractivity contribution in [1.29, 1.82) is 0 Å². The van der Waals surface area contributed by atoms with Crippen LogP contribution in [0.25, 0.3) is 0 Å². The maximum Gasteiger partial charge on any atom is 0.265 e. The Labute approximate surface area is 152 Å². The van der Waals surface area contributed by atoms with Gasteiger partial charge in [-0.25, -0.2) is 4.39 Å². The fourth-order valence-corrected chi connectivity index (χ4v) is 2.46. The molecule has 0 aliphatic rings. The summed E-state index contributed by atoms with van der Waals surface area (Å²) >= 11 is 0. The summed E-state index contributed by atoms with van der Waals surface area (Å²) in [5.74, 6) is -0.473. The fourth-order valence-electron chi connectivity index (χ4n) is 2.46. The first kappa shape index (κ1) is 19.4. The van der Waals surface area contributed by atoms with Crippen LogP contribution in [0.15, 0.2) is 48.5 Å². The summed E-state index contributed by atoms with van der Waals surface area (Å²) in [5, 5.41) is 2.78. The molecule has 0 saturated carbocycles. The SMILES string of the molecule is CCN(Cc1cccc(NC(=O)C(C)Oc2cccc(F)c2)c1)C(C)=O. The smallest absolute Gasteiger partial charge is 0.265 e. The maximum atomic E-state index is 13.2. The Morgan fingerprint density at radius 3 is 2.58 bits per heavy atom. The van der Waals surface area contributed by atoms with Crippen molar-refractivity contribution >= 4 is 17.5 Å². The van der Waals surface area contributed by atoms with Gasteiger partial charge >= 0.3 is 0 Å². The monoisotopic (exact) mass is 358 g/mol. The molecule has 2 aromatic carbocycles. The van der Waals surface area contributed by atoms with Crippen LogP contribution in [0.5, 0.6) is 5.75 Å². The molecule has 6 heteroatoms. The zero-order valence-corrected chi connectivity index (χ0v) is 15.2. The molecule has 0 aliphatic heterocycles. The summed E-state index contributed by atoms with van der Waals surface area (Å²) < 4.78 is 18.7. The minimum atomic E-state index is -0.787. The lowest BCUT2D eigenvalue weighted by molar-refractivity contribution is -0.129. The predicted octanol–water partition coefficient (Wildman–Crippen LogP) is 3.60. The molecule has 0 fully saturated rings. The van der Waals surface area contributed by atoms with Crippen molar-refractivity contribution in [3.8, 4) is 5.75 Å². The van der Waals surface area contributed by atoms with Gasteiger partial charge in [0.05, 0.1) is 0 Å². The average molecular weight is 358 g/mol.